The van der Waals surface area contributed by atoms with Crippen LogP contribution in [0.3, 0.4) is 0 Å². The van der Waals surface area contributed by atoms with E-state index in [4.69, 9.17) is 18.9 Å². The van der Waals surface area contributed by atoms with Gasteiger partial charge in [0.25, 0.3) is 5.56 Å². The van der Waals surface area contributed by atoms with Crippen LogP contribution in [-0.2, 0) is 25.5 Å². The van der Waals surface area contributed by atoms with Crippen molar-refractivity contribution in [3.05, 3.63) is 75.8 Å². The van der Waals surface area contributed by atoms with Crippen LogP contribution in [0.5, 0.6) is 5.75 Å². The van der Waals surface area contributed by atoms with Gasteiger partial charge in [0, 0.05) is 12.3 Å². The molecule has 2 fully saturated rings. The van der Waals surface area contributed by atoms with Crippen LogP contribution in [0, 0.1) is 17.1 Å². The molecule has 1 unspecified atom stereocenters. The molecule has 0 spiro atoms. The van der Waals surface area contributed by atoms with Gasteiger partial charge in [0.1, 0.15) is 24.1 Å². The molecule has 0 amide bonds. The Bertz CT molecular complexity index is 1350. The minimum Gasteiger partial charge on any atom is -0.483 e. The summed E-state index contributed by atoms with van der Waals surface area (Å²) >= 11 is 0. The van der Waals surface area contributed by atoms with Crippen molar-refractivity contribution >= 4 is 16.9 Å². The molecular weight excluding hydrogens is 443 g/mol. The summed E-state index contributed by atoms with van der Waals surface area (Å²) in [6, 6.07) is 15.0. The van der Waals surface area contributed by atoms with Crippen LogP contribution in [0.1, 0.15) is 18.1 Å². The van der Waals surface area contributed by atoms with Crippen molar-refractivity contribution in [2.45, 2.75) is 37.9 Å². The number of carbonyl (C=O) groups excluding carboxylic acids is 1. The predicted molar refractivity (Wildman–Crippen MR) is 118 cm³/mol. The number of ether oxygens (including phenoxy) is 4. The second-order valence-electron chi connectivity index (χ2n) is 8.25. The fraction of sp³-hybridized carbons (Fsp3) is 0.320. The Balaban J connectivity index is 1.52. The first-order chi connectivity index (χ1) is 16.5. The van der Waals surface area contributed by atoms with Gasteiger partial charge < -0.3 is 23.5 Å². The summed E-state index contributed by atoms with van der Waals surface area (Å²) in [6.45, 7) is 1.83. The van der Waals surface area contributed by atoms with Crippen molar-refractivity contribution < 1.29 is 28.1 Å². The van der Waals surface area contributed by atoms with E-state index in [0.29, 0.717) is 16.5 Å². The number of hydrogen-bond donors (Lipinski definition) is 0. The maximum atomic E-state index is 13.3. The fourth-order valence-electron chi connectivity index (χ4n) is 4.52. The van der Waals surface area contributed by atoms with Crippen LogP contribution in [0.15, 0.2) is 53.3 Å². The molecule has 174 valence electrons. The Labute approximate surface area is 194 Å². The molecule has 4 atom stereocenters. The molecule has 34 heavy (non-hydrogen) atoms. The number of hydrogen-bond acceptors (Lipinski definition) is 7. The number of nitriles is 1. The summed E-state index contributed by atoms with van der Waals surface area (Å²) in [5.74, 6) is -0.637. The third-order valence-electron chi connectivity index (χ3n) is 6.04. The number of aromatic nitrogens is 1. The van der Waals surface area contributed by atoms with Crippen LogP contribution in [0.2, 0.25) is 0 Å². The Morgan fingerprint density at radius 2 is 1.79 bits per heavy atom. The molecule has 0 bridgehead atoms. The lowest BCUT2D eigenvalue weighted by molar-refractivity contribution is -0.150. The first-order valence-electron chi connectivity index (χ1n) is 10.8. The Hall–Kier alpha value is -3.74. The van der Waals surface area contributed by atoms with Gasteiger partial charge in [-0.25, -0.2) is 4.39 Å². The molecular formula is C25H21FN2O6. The van der Waals surface area contributed by atoms with Gasteiger partial charge in [-0.1, -0.05) is 24.3 Å². The molecule has 8 nitrogen and oxygen atoms in total. The number of carbonyl (C=O) groups is 1. The zero-order valence-electron chi connectivity index (χ0n) is 18.3. The molecule has 0 saturated carbocycles. The largest absolute Gasteiger partial charge is 0.483 e. The monoisotopic (exact) mass is 464 g/mol. The average molecular weight is 464 g/mol. The van der Waals surface area contributed by atoms with E-state index in [1.54, 1.807) is 36.4 Å². The van der Waals surface area contributed by atoms with E-state index < -0.39 is 35.9 Å². The van der Waals surface area contributed by atoms with Crippen molar-refractivity contribution in [3.8, 4) is 11.8 Å². The molecule has 3 aromatic rings. The Morgan fingerprint density at radius 1 is 1.12 bits per heavy atom. The maximum absolute atomic E-state index is 13.3. The number of para-hydroxylation sites is 1. The molecule has 2 aliphatic rings. The fourth-order valence-corrected chi connectivity index (χ4v) is 4.52. The number of rotatable bonds is 5. The number of esters is 1. The van der Waals surface area contributed by atoms with E-state index in [-0.39, 0.29) is 36.9 Å². The van der Waals surface area contributed by atoms with Crippen molar-refractivity contribution in [1.29, 1.82) is 5.26 Å². The van der Waals surface area contributed by atoms with Gasteiger partial charge in [-0.05, 0) is 29.8 Å². The van der Waals surface area contributed by atoms with E-state index >= 15 is 0 Å². The topological polar surface area (TPSA) is 99.8 Å². The van der Waals surface area contributed by atoms with Crippen LogP contribution in [-0.4, -0.2) is 48.2 Å². The second kappa shape index (κ2) is 8.89. The lowest BCUT2D eigenvalue weighted by atomic mass is 10.1. The van der Waals surface area contributed by atoms with Gasteiger partial charge in [0.15, 0.2) is 23.5 Å². The highest BCUT2D eigenvalue weighted by molar-refractivity contribution is 5.87. The van der Waals surface area contributed by atoms with E-state index in [1.807, 2.05) is 6.07 Å². The summed E-state index contributed by atoms with van der Waals surface area (Å²) in [5, 5.41) is 10.5. The molecule has 2 aromatic carbocycles. The van der Waals surface area contributed by atoms with Crippen molar-refractivity contribution in [2.75, 3.05) is 13.2 Å². The zero-order chi connectivity index (χ0) is 23.8. The molecule has 2 saturated heterocycles. The van der Waals surface area contributed by atoms with Gasteiger partial charge >= 0.3 is 5.97 Å². The highest BCUT2D eigenvalue weighted by atomic mass is 19.1. The van der Waals surface area contributed by atoms with Crippen LogP contribution >= 0.6 is 0 Å². The third-order valence-corrected chi connectivity index (χ3v) is 6.04. The molecule has 3 heterocycles. The molecule has 0 aliphatic carbocycles. The maximum Gasteiger partial charge on any atom is 0.303 e. The standard InChI is InChI=1S/C25H21FN2O6/c1-14(29)33-20-12-31-24-21(13-32-23(20)24)34-22-17-4-2-3-5-19(17)28(25(30)18(22)10-27)11-15-6-8-16(26)9-7-15/h2-9,20-21,23-24H,11-13H2,1H3/t20-,21?,23+,24+/m0/s1. The molecule has 2 aliphatic heterocycles. The van der Waals surface area contributed by atoms with Crippen molar-refractivity contribution in [2.24, 2.45) is 0 Å². The van der Waals surface area contributed by atoms with Crippen molar-refractivity contribution in [3.63, 3.8) is 0 Å². The normalized spacial score (nSPS) is 23.4. The number of pyridine rings is 1. The van der Waals surface area contributed by atoms with Crippen LogP contribution in [0.25, 0.3) is 10.9 Å². The smallest absolute Gasteiger partial charge is 0.303 e. The van der Waals surface area contributed by atoms with Gasteiger partial charge in [-0.3, -0.25) is 9.59 Å². The Kier molecular flexibility index (Phi) is 5.77. The van der Waals surface area contributed by atoms with E-state index in [1.165, 1.54) is 23.6 Å². The second-order valence-corrected chi connectivity index (χ2v) is 8.25. The number of halogens is 1. The van der Waals surface area contributed by atoms with Gasteiger partial charge in [0.2, 0.25) is 0 Å². The van der Waals surface area contributed by atoms with Gasteiger partial charge in [-0.2, -0.15) is 5.26 Å². The summed E-state index contributed by atoms with van der Waals surface area (Å²) in [6.07, 6.45) is -2.11. The quantitative estimate of drug-likeness (QED) is 0.535. The van der Waals surface area contributed by atoms with Gasteiger partial charge in [-0.15, -0.1) is 0 Å². The molecule has 5 rings (SSSR count). The summed E-state index contributed by atoms with van der Waals surface area (Å²) in [5.41, 5.74) is 0.639. The number of benzene rings is 2. The van der Waals surface area contributed by atoms with Crippen molar-refractivity contribution in [1.82, 2.24) is 4.57 Å². The minimum absolute atomic E-state index is 0.140. The van der Waals surface area contributed by atoms with E-state index in [2.05, 4.69) is 0 Å². The minimum atomic E-state index is -0.589. The summed E-state index contributed by atoms with van der Waals surface area (Å²) in [4.78, 5) is 24.7. The molecule has 0 radical (unpaired) electrons. The summed E-state index contributed by atoms with van der Waals surface area (Å²) < 4.78 is 37.8. The zero-order valence-corrected chi connectivity index (χ0v) is 18.3. The lowest BCUT2D eigenvalue weighted by Crippen LogP contribution is -2.36. The molecule has 9 heteroatoms. The third kappa shape index (κ3) is 3.91. The SMILES string of the molecule is CC(=O)O[C@H]1CO[C@@H]2C(Oc3c(C#N)c(=O)n(Cc4ccc(F)cc4)c4ccccc34)CO[C@H]12. The average Bonchev–Trinajstić information content (AvgIpc) is 3.41. The van der Waals surface area contributed by atoms with E-state index in [9.17, 15) is 19.2 Å². The highest BCUT2D eigenvalue weighted by Gasteiger charge is 2.50. The first kappa shape index (κ1) is 22.1. The predicted octanol–water partition coefficient (Wildman–Crippen LogP) is 2.54. The van der Waals surface area contributed by atoms with Crippen LogP contribution in [0.4, 0.5) is 4.39 Å². The van der Waals surface area contributed by atoms with Gasteiger partial charge in [0.05, 0.1) is 25.3 Å². The molecule has 1 aromatic heterocycles. The van der Waals surface area contributed by atoms with Crippen LogP contribution < -0.4 is 10.3 Å². The lowest BCUT2D eigenvalue weighted by Gasteiger charge is -2.21. The molecule has 0 N–H and O–H groups in total. The van der Waals surface area contributed by atoms with E-state index in [0.717, 1.165) is 0 Å². The number of fused-ring (bicyclic) bond motifs is 2. The number of nitrogens with zero attached hydrogens (tertiary/aromatic N) is 2. The Morgan fingerprint density at radius 3 is 2.50 bits per heavy atom. The highest BCUT2D eigenvalue weighted by Crippen LogP contribution is 2.35. The first-order valence-corrected chi connectivity index (χ1v) is 10.8. The summed E-state index contributed by atoms with van der Waals surface area (Å²) in [7, 11) is 0.